The summed E-state index contributed by atoms with van der Waals surface area (Å²) in [6.07, 6.45) is 5.59. The summed E-state index contributed by atoms with van der Waals surface area (Å²) in [4.78, 5) is 34.3. The summed E-state index contributed by atoms with van der Waals surface area (Å²) in [6.45, 7) is 15.1. The van der Waals surface area contributed by atoms with Gasteiger partial charge in [-0.15, -0.1) is 6.58 Å². The minimum absolute atomic E-state index is 0.0344. The summed E-state index contributed by atoms with van der Waals surface area (Å²) in [5.41, 5.74) is 6.01. The Hall–Kier alpha value is -4.13. The fourth-order valence-corrected chi connectivity index (χ4v) is 7.35. The maximum atomic E-state index is 12.9. The first-order chi connectivity index (χ1) is 21.1. The number of carbonyl (C=O) groups is 2. The summed E-state index contributed by atoms with van der Waals surface area (Å²) in [7, 11) is 3.71. The van der Waals surface area contributed by atoms with Gasteiger partial charge in [0, 0.05) is 25.5 Å². The highest BCUT2D eigenvalue weighted by Gasteiger charge is 2.50. The van der Waals surface area contributed by atoms with E-state index in [9.17, 15) is 9.59 Å². The van der Waals surface area contributed by atoms with Crippen molar-refractivity contribution in [3.8, 4) is 0 Å². The van der Waals surface area contributed by atoms with Crippen LogP contribution in [-0.4, -0.2) is 43.5 Å². The van der Waals surface area contributed by atoms with Gasteiger partial charge in [0.15, 0.2) is 5.58 Å². The van der Waals surface area contributed by atoms with Gasteiger partial charge in [-0.25, -0.2) is 0 Å². The first-order valence-electron chi connectivity index (χ1n) is 15.8. The second kappa shape index (κ2) is 12.5. The van der Waals surface area contributed by atoms with Crippen molar-refractivity contribution >= 4 is 45.9 Å². The first-order valence-corrected chi connectivity index (χ1v) is 15.8. The van der Waals surface area contributed by atoms with Crippen molar-refractivity contribution in [3.63, 3.8) is 0 Å². The minimum Gasteiger partial charge on any atom is -0.423 e. The van der Waals surface area contributed by atoms with Crippen LogP contribution in [-0.2, 0) is 16.0 Å². The van der Waals surface area contributed by atoms with Crippen LogP contribution in [0.25, 0.3) is 21.9 Å². The summed E-state index contributed by atoms with van der Waals surface area (Å²) < 4.78 is 6.27. The van der Waals surface area contributed by atoms with Gasteiger partial charge in [0.05, 0.1) is 5.69 Å². The van der Waals surface area contributed by atoms with Crippen LogP contribution in [0, 0.1) is 18.3 Å². The van der Waals surface area contributed by atoms with Crippen LogP contribution >= 0.6 is 0 Å². The third-order valence-corrected chi connectivity index (χ3v) is 10.3. The monoisotopic (exact) mass is 594 g/mol. The molecule has 5 rings (SSSR count). The largest absolute Gasteiger partial charge is 0.423 e. The number of anilines is 2. The number of hydrogen-bond acceptors (Lipinski definition) is 5. The summed E-state index contributed by atoms with van der Waals surface area (Å²) in [6, 6.07) is 17.0. The normalized spacial score (nSPS) is 20.0. The number of allylic oxidation sites excluding steroid dienone is 1. The molecule has 0 spiro atoms. The molecule has 2 amide bonds. The molecule has 0 radical (unpaired) electrons. The number of benzene rings is 3. The zero-order valence-electron chi connectivity index (χ0n) is 27.2. The number of aryl methyl sites for hydroxylation is 2. The Morgan fingerprint density at radius 1 is 1.23 bits per heavy atom. The molecule has 4 atom stereocenters. The zero-order valence-corrected chi connectivity index (χ0v) is 27.2. The van der Waals surface area contributed by atoms with Gasteiger partial charge in [-0.1, -0.05) is 64.1 Å². The van der Waals surface area contributed by atoms with Crippen molar-refractivity contribution < 1.29 is 14.0 Å². The van der Waals surface area contributed by atoms with Crippen molar-refractivity contribution in [1.29, 1.82) is 0 Å². The summed E-state index contributed by atoms with van der Waals surface area (Å²) in [5, 5.41) is 4.88. The molecule has 0 saturated heterocycles. The van der Waals surface area contributed by atoms with Gasteiger partial charge < -0.3 is 19.5 Å². The van der Waals surface area contributed by atoms with Crippen molar-refractivity contribution in [1.82, 2.24) is 10.3 Å². The molecule has 4 unspecified atom stereocenters. The van der Waals surface area contributed by atoms with Gasteiger partial charge in [-0.3, -0.25) is 9.59 Å². The fourth-order valence-electron chi connectivity index (χ4n) is 7.35. The number of aromatic nitrogens is 1. The molecular weight excluding hydrogens is 548 g/mol. The number of fused-ring (bicyclic) bond motifs is 2. The number of likely N-dealkylation sites (N-methyl/N-ethyl adjacent to an activating group) is 1. The molecule has 1 N–H and O–H groups in total. The van der Waals surface area contributed by atoms with Crippen LogP contribution in [0.5, 0.6) is 0 Å². The number of nitrogens with one attached hydrogen (secondary N) is 1. The lowest BCUT2D eigenvalue weighted by molar-refractivity contribution is -0.123. The van der Waals surface area contributed by atoms with E-state index in [0.717, 1.165) is 52.4 Å². The highest BCUT2D eigenvalue weighted by atomic mass is 16.4. The number of nitrogens with zero attached hydrogens (tertiary/aromatic N) is 3. The second-order valence-corrected chi connectivity index (χ2v) is 12.9. The van der Waals surface area contributed by atoms with Crippen LogP contribution in [0.3, 0.4) is 0 Å². The maximum Gasteiger partial charge on any atom is 0.298 e. The molecule has 0 aliphatic heterocycles. The molecule has 1 aliphatic rings. The standard InChI is InChI=1S/C37H46N4O3/c1-9-11-15-31(35(43)38-7)41(22-42)30-18-17-26(27-14-12-13-23(3)34(27)30)28-21-33(37(5,6)24(28)4)40(8)36-39-29-20-25(10-2)16-19-32(29)44-36/h9,12-14,16-20,22,24,28,31,33H,1,10-11,15,21H2,2-8H3,(H,38,43). The van der Waals surface area contributed by atoms with E-state index in [4.69, 9.17) is 9.40 Å². The number of oxazole rings is 1. The number of carbonyl (C=O) groups excluding carboxylic acids is 2. The summed E-state index contributed by atoms with van der Waals surface area (Å²) >= 11 is 0. The molecule has 3 aromatic carbocycles. The van der Waals surface area contributed by atoms with Crippen LogP contribution in [0.2, 0.25) is 0 Å². The van der Waals surface area contributed by atoms with E-state index in [2.05, 4.69) is 94.9 Å². The third-order valence-electron chi connectivity index (χ3n) is 10.3. The van der Waals surface area contributed by atoms with Gasteiger partial charge in [0.25, 0.3) is 6.01 Å². The molecule has 44 heavy (non-hydrogen) atoms. The topological polar surface area (TPSA) is 78.7 Å². The van der Waals surface area contributed by atoms with Crippen molar-refractivity contribution in [3.05, 3.63) is 77.9 Å². The number of hydrogen-bond donors (Lipinski definition) is 1. The molecule has 1 fully saturated rings. The van der Waals surface area contributed by atoms with Crippen molar-refractivity contribution in [2.24, 2.45) is 11.3 Å². The Morgan fingerprint density at radius 2 is 2.00 bits per heavy atom. The van der Waals surface area contributed by atoms with E-state index in [1.807, 2.05) is 12.1 Å². The lowest BCUT2D eigenvalue weighted by Gasteiger charge is -2.36. The van der Waals surface area contributed by atoms with Crippen LogP contribution in [0.4, 0.5) is 11.7 Å². The molecular formula is C37H46N4O3. The molecule has 1 heterocycles. The number of amides is 2. The minimum atomic E-state index is -0.628. The lowest BCUT2D eigenvalue weighted by Crippen LogP contribution is -2.45. The molecule has 7 heteroatoms. The highest BCUT2D eigenvalue weighted by Crippen LogP contribution is 2.55. The van der Waals surface area contributed by atoms with Crippen LogP contribution in [0.15, 0.2) is 65.6 Å². The Labute approximate surface area is 261 Å². The number of rotatable bonds is 11. The zero-order chi connectivity index (χ0) is 31.8. The van der Waals surface area contributed by atoms with Crippen LogP contribution < -0.4 is 15.1 Å². The van der Waals surface area contributed by atoms with E-state index in [0.29, 0.717) is 24.8 Å². The molecule has 1 saturated carbocycles. The smallest absolute Gasteiger partial charge is 0.298 e. The molecule has 1 aromatic heterocycles. The van der Waals surface area contributed by atoms with Crippen molar-refractivity contribution in [2.45, 2.75) is 78.3 Å². The van der Waals surface area contributed by atoms with Gasteiger partial charge in [-0.2, -0.15) is 4.98 Å². The Bertz CT molecular complexity index is 1690. The van der Waals surface area contributed by atoms with Crippen molar-refractivity contribution in [2.75, 3.05) is 23.9 Å². The van der Waals surface area contributed by atoms with E-state index in [1.54, 1.807) is 18.0 Å². The van der Waals surface area contributed by atoms with E-state index >= 15 is 0 Å². The average Bonchev–Trinajstić information content (AvgIpc) is 3.55. The first kappa shape index (κ1) is 31.3. The summed E-state index contributed by atoms with van der Waals surface area (Å²) in [5.74, 6) is 0.438. The fraction of sp³-hybridized carbons (Fsp3) is 0.432. The molecule has 4 aromatic rings. The highest BCUT2D eigenvalue weighted by molar-refractivity contribution is 6.05. The van der Waals surface area contributed by atoms with E-state index in [1.165, 1.54) is 11.1 Å². The third kappa shape index (κ3) is 5.37. The Kier molecular flexibility index (Phi) is 8.87. The van der Waals surface area contributed by atoms with Gasteiger partial charge in [0.2, 0.25) is 12.3 Å². The van der Waals surface area contributed by atoms with Gasteiger partial charge >= 0.3 is 0 Å². The predicted molar refractivity (Wildman–Crippen MR) is 180 cm³/mol. The maximum absolute atomic E-state index is 12.9. The molecule has 7 nitrogen and oxygen atoms in total. The lowest BCUT2D eigenvalue weighted by atomic mass is 9.75. The van der Waals surface area contributed by atoms with E-state index in [-0.39, 0.29) is 23.3 Å². The average molecular weight is 595 g/mol. The van der Waals surface area contributed by atoms with Gasteiger partial charge in [0.1, 0.15) is 11.6 Å². The quantitative estimate of drug-likeness (QED) is 0.143. The second-order valence-electron chi connectivity index (χ2n) is 12.9. The Morgan fingerprint density at radius 3 is 2.68 bits per heavy atom. The molecule has 1 aliphatic carbocycles. The van der Waals surface area contributed by atoms with Gasteiger partial charge in [-0.05, 0) is 90.1 Å². The molecule has 0 bridgehead atoms. The molecule has 232 valence electrons. The SMILES string of the molecule is C=CCCC(C(=O)NC)N(C=O)c1ccc(C2CC(N(C)c3nc4cc(CC)ccc4o3)C(C)(C)C2C)c2cccc(C)c12. The Balaban J connectivity index is 1.55. The predicted octanol–water partition coefficient (Wildman–Crippen LogP) is 7.55. The van der Waals surface area contributed by atoms with E-state index < -0.39 is 6.04 Å². The van der Waals surface area contributed by atoms with Crippen LogP contribution in [0.1, 0.15) is 69.6 Å².